The van der Waals surface area contributed by atoms with Gasteiger partial charge in [-0.15, -0.1) is 12.4 Å². The SMILES string of the molecule is CC(=O)OC(C)=O.CN.C[N+](=O)[O-].C[N+](=O)[O-].C[N+](=O)[O-].C[N+](=O)[O-].C[N+](=O)[O-].Cc1nc2ccccc2c(=O)o1.Cl.NC(=O)c1ccccc1C(=O)O.Nc1ccccc1C(=O)O.O.O.O=C1NC(=O)c2ccccc21.[2H]CF.[2H][C@]1(N)CCC(=O)NC1=O.[2H][C@]1(n2c(C)nc3ccccc3c2=O)CCC(=O)NC1=O.[2H][C@]1(n2c(C)nc3ccccc3c2=O)CCC(=O)NC1=O. The summed E-state index contributed by atoms with van der Waals surface area (Å²) in [6, 6.07) is 34.3. The average molecular weight is 1830 g/mol. The number of aromatic nitrogens is 5. The van der Waals surface area contributed by atoms with Crippen LogP contribution in [0.5, 0.6) is 0 Å². The maximum Gasteiger partial charge on any atom is 0.346 e. The summed E-state index contributed by atoms with van der Waals surface area (Å²) in [6.07, 6.45) is 0.224. The average Bonchev–Trinajstić information content (AvgIpc) is 0.872. The van der Waals surface area contributed by atoms with Crippen LogP contribution in [0.1, 0.15) is 139 Å². The van der Waals surface area contributed by atoms with Crippen LogP contribution in [0.3, 0.4) is 0 Å². The lowest BCUT2D eigenvalue weighted by Crippen LogP contribution is -2.48. The van der Waals surface area contributed by atoms with Crippen molar-refractivity contribution in [2.75, 3.05) is 55.2 Å². The van der Waals surface area contributed by atoms with Crippen molar-refractivity contribution in [2.45, 2.75) is 91.2 Å². The first-order valence-corrected chi connectivity index (χ1v) is 34.8. The van der Waals surface area contributed by atoms with Gasteiger partial charge in [0.05, 0.1) is 79.2 Å². The van der Waals surface area contributed by atoms with Crippen LogP contribution in [0.4, 0.5) is 10.1 Å². The Labute approximate surface area is 734 Å². The Bertz CT molecular complexity index is 5490. The van der Waals surface area contributed by atoms with Crippen molar-refractivity contribution in [2.24, 2.45) is 17.2 Å². The number of ether oxygens (including phenoxy) is 1. The van der Waals surface area contributed by atoms with Gasteiger partial charge in [0.2, 0.25) is 41.4 Å². The zero-order chi connectivity index (χ0) is 99.7. The lowest BCUT2D eigenvalue weighted by atomic mass is 10.1. The van der Waals surface area contributed by atoms with Gasteiger partial charge in [0.1, 0.15) is 23.7 Å². The number of piperidine rings is 3. The van der Waals surface area contributed by atoms with E-state index in [9.17, 15) is 81.1 Å². The molecule has 9 aromatic rings. The highest BCUT2D eigenvalue weighted by Gasteiger charge is 2.32. The molecule has 694 valence electrons. The second-order valence-corrected chi connectivity index (χ2v) is 23.4. The molecule has 4 aliphatic heterocycles. The van der Waals surface area contributed by atoms with Gasteiger partial charge in [0.15, 0.2) is 41.1 Å². The maximum absolute atomic E-state index is 12.6. The molecule has 3 aromatic heterocycles. The first-order valence-electron chi connectivity index (χ1n) is 37.0. The van der Waals surface area contributed by atoms with Crippen molar-refractivity contribution in [1.29, 1.82) is 0 Å². The molecule has 3 saturated heterocycles. The summed E-state index contributed by atoms with van der Waals surface area (Å²) < 4.78 is 50.3. The molecule has 4 aliphatic rings. The number of carboxylic acid groups (broad SMARTS) is 2. The Morgan fingerprint density at radius 3 is 1.07 bits per heavy atom. The lowest BCUT2D eigenvalue weighted by molar-refractivity contribution is -0.445. The van der Waals surface area contributed by atoms with E-state index in [2.05, 4.69) is 41.4 Å². The van der Waals surface area contributed by atoms with Gasteiger partial charge < -0.3 is 53.3 Å². The highest BCUT2D eigenvalue weighted by Crippen LogP contribution is 2.22. The van der Waals surface area contributed by atoms with Crippen LogP contribution < -0.4 is 60.9 Å². The second kappa shape index (κ2) is 62.8. The highest BCUT2D eigenvalue weighted by molar-refractivity contribution is 6.21. The highest BCUT2D eigenvalue weighted by atomic mass is 35.5. The molecule has 3 fully saturated rings. The predicted molar refractivity (Wildman–Crippen MR) is 456 cm³/mol. The summed E-state index contributed by atoms with van der Waals surface area (Å²) in [4.78, 5) is 231. The molecule has 0 spiro atoms. The largest absolute Gasteiger partial charge is 0.478 e. The Kier molecular flexibility index (Phi) is 54.8. The second-order valence-electron chi connectivity index (χ2n) is 23.4. The minimum atomic E-state index is -1.84. The van der Waals surface area contributed by atoms with Gasteiger partial charge >= 0.3 is 29.5 Å². The van der Waals surface area contributed by atoms with Gasteiger partial charge in [-0.3, -0.25) is 148 Å². The van der Waals surface area contributed by atoms with E-state index >= 15 is 0 Å². The molecule has 52 heteroatoms. The van der Waals surface area contributed by atoms with Crippen molar-refractivity contribution in [3.8, 4) is 0 Å². The van der Waals surface area contributed by atoms with Crippen LogP contribution in [0.25, 0.3) is 32.7 Å². The molecule has 6 aromatic carbocycles. The quantitative estimate of drug-likeness (QED) is 0.0295. The monoisotopic (exact) mass is 1830 g/mol. The van der Waals surface area contributed by atoms with E-state index < -0.39 is 120 Å². The van der Waals surface area contributed by atoms with Gasteiger partial charge in [0.25, 0.3) is 22.9 Å². The minimum Gasteiger partial charge on any atom is -0.478 e. The Morgan fingerprint density at radius 2 is 0.781 bits per heavy atom. The number of benzene rings is 6. The first kappa shape index (κ1) is 112. The van der Waals surface area contributed by atoms with Crippen LogP contribution in [0, 0.1) is 71.3 Å². The normalized spacial score (nSPS) is 15.4. The van der Waals surface area contributed by atoms with Crippen molar-refractivity contribution in [3.63, 3.8) is 0 Å². The number of anilines is 1. The molecule has 7 heterocycles. The third-order valence-electron chi connectivity index (χ3n) is 14.0. The molecule has 50 nitrogen and oxygen atoms in total. The van der Waals surface area contributed by atoms with Crippen LogP contribution in [0.2, 0.25) is 0 Å². The van der Waals surface area contributed by atoms with E-state index in [1.807, 2.05) is 11.4 Å². The molecule has 0 saturated carbocycles. The van der Waals surface area contributed by atoms with E-state index in [1.54, 1.807) is 136 Å². The van der Waals surface area contributed by atoms with Gasteiger partial charge in [-0.1, -0.05) is 72.8 Å². The van der Waals surface area contributed by atoms with E-state index in [0.717, 1.165) is 44.4 Å². The maximum atomic E-state index is 12.6. The number of imide groups is 4. The van der Waals surface area contributed by atoms with Gasteiger partial charge in [0, 0.05) is 70.3 Å². The Morgan fingerprint density at radius 1 is 0.492 bits per heavy atom. The van der Waals surface area contributed by atoms with E-state index in [0.29, 0.717) is 55.4 Å². The number of alkyl halides is 1. The number of hydrogen-bond donors (Lipinski definition) is 10. The molecule has 0 radical (unpaired) electrons. The number of carbonyl (C=O) groups excluding carboxylic acids is 11. The zero-order valence-corrected chi connectivity index (χ0v) is 70.5. The fourth-order valence-corrected chi connectivity index (χ4v) is 9.42. The number of nitrogen functional groups attached to an aromatic ring is 1. The fourth-order valence-electron chi connectivity index (χ4n) is 9.42. The van der Waals surface area contributed by atoms with Crippen molar-refractivity contribution >= 4 is 128 Å². The number of carbonyl (C=O) groups is 13. The molecular weight excluding hydrogens is 1730 g/mol. The standard InChI is InChI=1S/2C14H13N3O3.C9H7NO2.C8H7NO3.C8H5NO2.C7H7NO2.C5H8N2O2.C4H6O3.CH3F.5CH3NO2.CH5N.ClH.2H2O/c2*1-8-15-10-5-3-2-4-9(10)14(20)17(8)11-6-7-12(18)16-13(11)19;1-6-10-8-5-3-2-4-7(8)9(11)12-6;9-7(10)5-3-1-2-4-6(5)8(11)12;10-7-5-3-1-2-4-6(5)8(11)9-7;8-6-4-2-1-3-5(6)7(9)10;6-3-1-2-4(8)7-5(3)9;1-3(5)7-4(2)6;1-2;5*1-2(3)4;1-2;;;/h2*2-5,11H,6-7H2,1H3,(H,16,18,19);2-5H,1H3;1-4H,(H2,9,10)(H,11,12);1-4H,(H,9,10,11);1-4H,8H2,(H,9,10);3H,1-2,6H2,(H,7,8,9);1-2H3;1H3;5*1H3;2H2,1H3;1H;2*1H2/t2*11-;;;;;3-;;;;;;;;;;;/m00....0.........../s1/i2*11D;;;;;3D;;1D;;;;;;;;;. The summed E-state index contributed by atoms with van der Waals surface area (Å²) >= 11 is 0. The predicted octanol–water partition coefficient (Wildman–Crippen LogP) is 2.13. The van der Waals surface area contributed by atoms with Crippen molar-refractivity contribution < 1.29 is 127 Å². The number of amides is 9. The van der Waals surface area contributed by atoms with Crippen LogP contribution >= 0.6 is 12.4 Å². The molecule has 128 heavy (non-hydrogen) atoms. The number of rotatable bonds is 5. The van der Waals surface area contributed by atoms with Crippen LogP contribution in [0.15, 0.2) is 164 Å². The van der Waals surface area contributed by atoms with Crippen molar-refractivity contribution in [1.82, 2.24) is 45.4 Å². The molecule has 0 unspecified atom stereocenters. The fraction of sp³-hybridized carbons (Fsp3) is 0.276. The number of aromatic carboxylic acids is 2. The Balaban J connectivity index is -0.000000455. The number of aryl methyl sites for hydroxylation is 3. The molecule has 13 rings (SSSR count). The number of nitro groups is 5. The van der Waals surface area contributed by atoms with Crippen LogP contribution in [-0.4, -0.2) is 202 Å². The van der Waals surface area contributed by atoms with Gasteiger partial charge in [-0.05, 0) is 113 Å². The summed E-state index contributed by atoms with van der Waals surface area (Å²) in [5, 5.41) is 70.8. The third kappa shape index (κ3) is 45.6. The van der Waals surface area contributed by atoms with Gasteiger partial charge in [-0.25, -0.2) is 29.3 Å². The Hall–Kier alpha value is -16.3. The van der Waals surface area contributed by atoms with Crippen molar-refractivity contribution in [3.05, 3.63) is 273 Å². The molecule has 3 atom stereocenters. The summed E-state index contributed by atoms with van der Waals surface area (Å²) in [5.74, 6) is -7.13. The van der Waals surface area contributed by atoms with E-state index in [-0.39, 0.29) is 114 Å². The minimum absolute atomic E-state index is 0. The topological polar surface area (TPSA) is 815 Å². The summed E-state index contributed by atoms with van der Waals surface area (Å²) in [6.45, 7) is 7.18. The number of nitrogens with zero attached hydrogens (tertiary/aromatic N) is 10. The van der Waals surface area contributed by atoms with E-state index in [1.165, 1.54) is 45.2 Å². The number of para-hydroxylation sites is 4. The number of nitrogens with two attached hydrogens (primary N) is 4. The molecular formula is C76H94ClFN18O32. The summed E-state index contributed by atoms with van der Waals surface area (Å²) in [5.41, 5.74) is 21.9. The van der Waals surface area contributed by atoms with E-state index in [4.69, 9.17) is 87.9 Å². The smallest absolute Gasteiger partial charge is 0.346 e. The summed E-state index contributed by atoms with van der Waals surface area (Å²) in [7, 11) is 4.94. The van der Waals surface area contributed by atoms with Gasteiger partial charge in [-0.2, -0.15) is 0 Å². The number of esters is 2. The number of halogens is 2. The number of nitrogens with one attached hydrogen (secondary N) is 4. The number of primary amides is 1. The first-order chi connectivity index (χ1) is 60.0. The molecule has 18 N–H and O–H groups in total. The number of fused-ring (bicyclic) bond motifs is 4. The van der Waals surface area contributed by atoms with Crippen LogP contribution in [-0.2, 0) is 43.1 Å². The number of carboxylic acids is 2. The molecule has 0 aliphatic carbocycles. The lowest BCUT2D eigenvalue weighted by Gasteiger charge is -2.24. The molecule has 9 amide bonds. The number of hydrogen-bond acceptors (Lipinski definition) is 34. The zero-order valence-electron chi connectivity index (χ0n) is 73.7. The third-order valence-corrected chi connectivity index (χ3v) is 14.0. The molecule has 0 bridgehead atoms.